The number of rotatable bonds is 6. The van der Waals surface area contributed by atoms with Crippen molar-refractivity contribution < 1.29 is 14.3 Å². The summed E-state index contributed by atoms with van der Waals surface area (Å²) >= 11 is 0. The smallest absolute Gasteiger partial charge is 0.305 e. The van der Waals surface area contributed by atoms with E-state index in [9.17, 15) is 9.59 Å². The SMILES string of the molecule is CCOC(=O)CCCC(=O)C1CC1. The van der Waals surface area contributed by atoms with Gasteiger partial charge >= 0.3 is 5.97 Å². The second-order valence-electron chi connectivity index (χ2n) is 3.40. The van der Waals surface area contributed by atoms with Gasteiger partial charge in [0.15, 0.2) is 0 Å². The second-order valence-corrected chi connectivity index (χ2v) is 3.40. The highest BCUT2D eigenvalue weighted by Gasteiger charge is 2.28. The molecule has 0 spiro atoms. The van der Waals surface area contributed by atoms with Gasteiger partial charge in [-0.05, 0) is 26.2 Å². The third kappa shape index (κ3) is 4.06. The van der Waals surface area contributed by atoms with Gasteiger partial charge in [-0.2, -0.15) is 0 Å². The molecule has 13 heavy (non-hydrogen) atoms. The molecule has 0 atom stereocenters. The lowest BCUT2D eigenvalue weighted by Crippen LogP contribution is -2.06. The predicted octanol–water partition coefficient (Wildman–Crippen LogP) is 1.70. The van der Waals surface area contributed by atoms with Crippen molar-refractivity contribution in [2.75, 3.05) is 6.61 Å². The highest BCUT2D eigenvalue weighted by Crippen LogP contribution is 2.31. The lowest BCUT2D eigenvalue weighted by Gasteiger charge is -2.00. The zero-order chi connectivity index (χ0) is 9.68. The van der Waals surface area contributed by atoms with Crippen LogP contribution in [0, 0.1) is 5.92 Å². The van der Waals surface area contributed by atoms with Gasteiger partial charge in [0.1, 0.15) is 5.78 Å². The van der Waals surface area contributed by atoms with Crippen LogP contribution in [0.3, 0.4) is 0 Å². The zero-order valence-corrected chi connectivity index (χ0v) is 8.04. The minimum atomic E-state index is -0.189. The summed E-state index contributed by atoms with van der Waals surface area (Å²) < 4.78 is 4.75. The largest absolute Gasteiger partial charge is 0.466 e. The molecule has 0 aromatic carbocycles. The Kier molecular flexibility index (Phi) is 3.93. The molecule has 0 heterocycles. The summed E-state index contributed by atoms with van der Waals surface area (Å²) in [4.78, 5) is 22.1. The van der Waals surface area contributed by atoms with Gasteiger partial charge in [-0.25, -0.2) is 0 Å². The van der Waals surface area contributed by atoms with Crippen LogP contribution in [-0.4, -0.2) is 18.4 Å². The molecule has 0 unspecified atom stereocenters. The minimum Gasteiger partial charge on any atom is -0.466 e. The highest BCUT2D eigenvalue weighted by atomic mass is 16.5. The Bertz CT molecular complexity index is 194. The molecule has 0 amide bonds. The van der Waals surface area contributed by atoms with Crippen molar-refractivity contribution in [2.45, 2.75) is 39.0 Å². The van der Waals surface area contributed by atoms with Gasteiger partial charge < -0.3 is 4.74 Å². The van der Waals surface area contributed by atoms with E-state index in [0.29, 0.717) is 37.6 Å². The maximum Gasteiger partial charge on any atom is 0.305 e. The van der Waals surface area contributed by atoms with Crippen LogP contribution >= 0.6 is 0 Å². The van der Waals surface area contributed by atoms with Crippen LogP contribution in [0.25, 0.3) is 0 Å². The average molecular weight is 184 g/mol. The summed E-state index contributed by atoms with van der Waals surface area (Å²) in [5, 5.41) is 0. The standard InChI is InChI=1S/C10H16O3/c1-2-13-10(12)5-3-4-9(11)8-6-7-8/h8H,2-7H2,1H3. The van der Waals surface area contributed by atoms with Gasteiger partial charge in [-0.15, -0.1) is 0 Å². The maximum atomic E-state index is 11.2. The Hall–Kier alpha value is -0.860. The Balaban J connectivity index is 1.99. The maximum absolute atomic E-state index is 11.2. The topological polar surface area (TPSA) is 43.4 Å². The number of ketones is 1. The normalized spacial score (nSPS) is 15.5. The molecule has 0 saturated heterocycles. The molecule has 1 saturated carbocycles. The number of esters is 1. The molecule has 74 valence electrons. The van der Waals surface area contributed by atoms with Crippen LogP contribution < -0.4 is 0 Å². The number of ether oxygens (including phenoxy) is 1. The van der Waals surface area contributed by atoms with Gasteiger partial charge in [0.25, 0.3) is 0 Å². The third-order valence-electron chi connectivity index (χ3n) is 2.14. The first kappa shape index (κ1) is 10.2. The zero-order valence-electron chi connectivity index (χ0n) is 8.04. The van der Waals surface area contributed by atoms with Gasteiger partial charge in [0.05, 0.1) is 6.61 Å². The van der Waals surface area contributed by atoms with Gasteiger partial charge in [0.2, 0.25) is 0 Å². The summed E-state index contributed by atoms with van der Waals surface area (Å²) in [6.45, 7) is 2.21. The van der Waals surface area contributed by atoms with Gasteiger partial charge in [-0.1, -0.05) is 0 Å². The molecule has 3 nitrogen and oxygen atoms in total. The van der Waals surface area contributed by atoms with E-state index in [2.05, 4.69) is 0 Å². The van der Waals surface area contributed by atoms with Crippen molar-refractivity contribution >= 4 is 11.8 Å². The van der Waals surface area contributed by atoms with Crippen LogP contribution in [-0.2, 0) is 14.3 Å². The molecule has 0 aromatic heterocycles. The van der Waals surface area contributed by atoms with Crippen LogP contribution in [0.5, 0.6) is 0 Å². The van der Waals surface area contributed by atoms with Crippen LogP contribution in [0.1, 0.15) is 39.0 Å². The van der Waals surface area contributed by atoms with E-state index in [1.54, 1.807) is 6.92 Å². The molecule has 1 aliphatic carbocycles. The molecular weight excluding hydrogens is 168 g/mol. The first-order valence-electron chi connectivity index (χ1n) is 4.92. The molecule has 0 radical (unpaired) electrons. The van der Waals surface area contributed by atoms with Crippen LogP contribution in [0.2, 0.25) is 0 Å². The molecule has 1 fully saturated rings. The third-order valence-corrected chi connectivity index (χ3v) is 2.14. The molecule has 1 rings (SSSR count). The number of hydrogen-bond donors (Lipinski definition) is 0. The fraction of sp³-hybridized carbons (Fsp3) is 0.800. The summed E-state index contributed by atoms with van der Waals surface area (Å²) in [6.07, 6.45) is 3.68. The van der Waals surface area contributed by atoms with Gasteiger partial charge in [-0.3, -0.25) is 9.59 Å². The number of carbonyl (C=O) groups excluding carboxylic acids is 2. The van der Waals surface area contributed by atoms with Crippen molar-refractivity contribution in [3.63, 3.8) is 0 Å². The van der Waals surface area contributed by atoms with Gasteiger partial charge in [0, 0.05) is 18.8 Å². The number of carbonyl (C=O) groups is 2. The lowest BCUT2D eigenvalue weighted by atomic mass is 10.1. The van der Waals surface area contributed by atoms with Crippen molar-refractivity contribution in [3.8, 4) is 0 Å². The minimum absolute atomic E-state index is 0.189. The highest BCUT2D eigenvalue weighted by molar-refractivity contribution is 5.83. The summed E-state index contributed by atoms with van der Waals surface area (Å²) in [6, 6.07) is 0. The first-order chi connectivity index (χ1) is 6.24. The average Bonchev–Trinajstić information content (AvgIpc) is 2.86. The van der Waals surface area contributed by atoms with Crippen molar-refractivity contribution in [2.24, 2.45) is 5.92 Å². The number of Topliss-reactive ketones (excluding diaryl/α,β-unsaturated/α-hetero) is 1. The molecule has 3 heteroatoms. The number of hydrogen-bond acceptors (Lipinski definition) is 3. The van der Waals surface area contributed by atoms with E-state index in [-0.39, 0.29) is 5.97 Å². The van der Waals surface area contributed by atoms with Crippen molar-refractivity contribution in [1.82, 2.24) is 0 Å². The Morgan fingerprint density at radius 3 is 2.54 bits per heavy atom. The van der Waals surface area contributed by atoms with Crippen LogP contribution in [0.15, 0.2) is 0 Å². The summed E-state index contributed by atoms with van der Waals surface area (Å²) in [7, 11) is 0. The van der Waals surface area contributed by atoms with Crippen LogP contribution in [0.4, 0.5) is 0 Å². The van der Waals surface area contributed by atoms with Crippen molar-refractivity contribution in [3.05, 3.63) is 0 Å². The molecule has 0 aliphatic heterocycles. The summed E-state index contributed by atoms with van der Waals surface area (Å²) in [5.74, 6) is 0.456. The molecular formula is C10H16O3. The quantitative estimate of drug-likeness (QED) is 0.590. The van der Waals surface area contributed by atoms with Crippen molar-refractivity contribution in [1.29, 1.82) is 0 Å². The first-order valence-corrected chi connectivity index (χ1v) is 4.92. The molecule has 1 aliphatic rings. The monoisotopic (exact) mass is 184 g/mol. The Morgan fingerprint density at radius 2 is 2.00 bits per heavy atom. The Morgan fingerprint density at radius 1 is 1.31 bits per heavy atom. The fourth-order valence-electron chi connectivity index (χ4n) is 1.25. The molecule has 0 bridgehead atoms. The molecule has 0 N–H and O–H groups in total. The lowest BCUT2D eigenvalue weighted by molar-refractivity contribution is -0.143. The summed E-state index contributed by atoms with van der Waals surface area (Å²) in [5.41, 5.74) is 0. The fourth-order valence-corrected chi connectivity index (χ4v) is 1.25. The van der Waals surface area contributed by atoms with E-state index in [4.69, 9.17) is 4.74 Å². The predicted molar refractivity (Wildman–Crippen MR) is 48.2 cm³/mol. The van der Waals surface area contributed by atoms with E-state index in [1.807, 2.05) is 0 Å². The van der Waals surface area contributed by atoms with E-state index in [0.717, 1.165) is 12.8 Å². The second kappa shape index (κ2) is 5.00. The Labute approximate surface area is 78.5 Å². The molecule has 0 aromatic rings. The van der Waals surface area contributed by atoms with E-state index < -0.39 is 0 Å². The van der Waals surface area contributed by atoms with E-state index in [1.165, 1.54) is 0 Å². The van der Waals surface area contributed by atoms with E-state index >= 15 is 0 Å².